The number of amides is 1. The van der Waals surface area contributed by atoms with Crippen molar-refractivity contribution in [2.75, 3.05) is 25.5 Å². The summed E-state index contributed by atoms with van der Waals surface area (Å²) in [6.07, 6.45) is 10.8. The third-order valence-electron chi connectivity index (χ3n) is 5.09. The van der Waals surface area contributed by atoms with Crippen molar-refractivity contribution in [3.05, 3.63) is 65.2 Å². The fraction of sp³-hybridized carbons (Fsp3) is 0.286. The van der Waals surface area contributed by atoms with E-state index < -0.39 is 11.7 Å². The van der Waals surface area contributed by atoms with E-state index in [1.54, 1.807) is 43.0 Å². The predicted molar refractivity (Wildman–Crippen MR) is 110 cm³/mol. The molecule has 1 fully saturated rings. The van der Waals surface area contributed by atoms with E-state index in [2.05, 4.69) is 20.5 Å². The van der Waals surface area contributed by atoms with E-state index in [1.165, 1.54) is 6.07 Å². The molecule has 0 bridgehead atoms. The lowest BCUT2D eigenvalue weighted by Gasteiger charge is -2.27. The first-order valence-electron chi connectivity index (χ1n) is 9.58. The highest BCUT2D eigenvalue weighted by Crippen LogP contribution is 2.28. The highest BCUT2D eigenvalue weighted by molar-refractivity contribution is 6.31. The van der Waals surface area contributed by atoms with Crippen LogP contribution >= 0.6 is 0 Å². The number of nitrogens with zero attached hydrogens (tertiary/aromatic N) is 3. The number of hydrogen-bond acceptors (Lipinski definition) is 5. The first-order chi connectivity index (χ1) is 14.0. The molecule has 4 rings (SSSR count). The van der Waals surface area contributed by atoms with Crippen LogP contribution in [0.3, 0.4) is 0 Å². The molecule has 150 valence electrons. The number of aromatic nitrogens is 2. The fourth-order valence-electron chi connectivity index (χ4n) is 3.77. The molecule has 0 aromatic carbocycles. The maximum Gasteiger partial charge on any atom is 0.257 e. The van der Waals surface area contributed by atoms with Crippen LogP contribution in [0.25, 0.3) is 5.65 Å². The zero-order chi connectivity index (χ0) is 20.5. The van der Waals surface area contributed by atoms with E-state index in [0.717, 1.165) is 31.6 Å². The number of carbonyl (C=O) groups excluding carboxylic acids is 1. The van der Waals surface area contributed by atoms with Crippen molar-refractivity contribution in [3.63, 3.8) is 0 Å². The average molecular weight is 394 g/mol. The lowest BCUT2D eigenvalue weighted by atomic mass is 9.93. The Morgan fingerprint density at radius 3 is 2.76 bits per heavy atom. The van der Waals surface area contributed by atoms with E-state index >= 15 is 0 Å². The summed E-state index contributed by atoms with van der Waals surface area (Å²) in [5, 5.41) is 14.3. The summed E-state index contributed by atoms with van der Waals surface area (Å²) >= 11 is 0. The van der Waals surface area contributed by atoms with Gasteiger partial charge in [0.1, 0.15) is 0 Å². The van der Waals surface area contributed by atoms with E-state index in [1.807, 2.05) is 6.08 Å². The number of imidazole rings is 1. The quantitative estimate of drug-likeness (QED) is 0.744. The number of anilines is 1. The molecule has 7 nitrogen and oxygen atoms in total. The fourth-order valence-corrected chi connectivity index (χ4v) is 3.77. The molecular formula is C21H23FN6O. The molecule has 0 spiro atoms. The number of hydrogen-bond donors (Lipinski definition) is 3. The van der Waals surface area contributed by atoms with Gasteiger partial charge >= 0.3 is 0 Å². The molecule has 0 unspecified atom stereocenters. The Balaban J connectivity index is 1.62. The topological polar surface area (TPSA) is 85.5 Å². The number of fused-ring (bicyclic) bond motifs is 1. The molecule has 2 aromatic heterocycles. The van der Waals surface area contributed by atoms with Gasteiger partial charge in [0.2, 0.25) is 0 Å². The van der Waals surface area contributed by atoms with E-state index in [4.69, 9.17) is 5.41 Å². The van der Waals surface area contributed by atoms with Gasteiger partial charge in [-0.2, -0.15) is 0 Å². The van der Waals surface area contributed by atoms with Gasteiger partial charge in [0.25, 0.3) is 5.91 Å². The SMILES string of the molecule is CN/C=C1\C(=N)C(C(=O)Nc2cc(F)c3nc(C)cn3c2)=CC=C1N1CCCC1. The Morgan fingerprint density at radius 2 is 2.03 bits per heavy atom. The van der Waals surface area contributed by atoms with Gasteiger partial charge in [-0.25, -0.2) is 9.37 Å². The van der Waals surface area contributed by atoms with Crippen molar-refractivity contribution < 1.29 is 9.18 Å². The van der Waals surface area contributed by atoms with Crippen molar-refractivity contribution in [3.8, 4) is 0 Å². The summed E-state index contributed by atoms with van der Waals surface area (Å²) in [6, 6.07) is 1.24. The molecule has 2 aromatic rings. The van der Waals surface area contributed by atoms with Gasteiger partial charge in [0, 0.05) is 56.1 Å². The smallest absolute Gasteiger partial charge is 0.257 e. The minimum atomic E-state index is -0.518. The predicted octanol–water partition coefficient (Wildman–Crippen LogP) is 2.76. The van der Waals surface area contributed by atoms with Crippen LogP contribution in [0.1, 0.15) is 18.5 Å². The lowest BCUT2D eigenvalue weighted by molar-refractivity contribution is -0.112. The number of rotatable bonds is 4. The molecule has 1 aliphatic heterocycles. The first-order valence-corrected chi connectivity index (χ1v) is 9.58. The second kappa shape index (κ2) is 7.54. The van der Waals surface area contributed by atoms with Gasteiger partial charge in [0.15, 0.2) is 11.5 Å². The molecule has 29 heavy (non-hydrogen) atoms. The van der Waals surface area contributed by atoms with Gasteiger partial charge in [-0.15, -0.1) is 0 Å². The van der Waals surface area contributed by atoms with Crippen molar-refractivity contribution >= 4 is 23.0 Å². The molecular weight excluding hydrogens is 371 g/mol. The Hall–Kier alpha value is -3.42. The first kappa shape index (κ1) is 18.9. The second-order valence-electron chi connectivity index (χ2n) is 7.19. The Morgan fingerprint density at radius 1 is 1.28 bits per heavy atom. The van der Waals surface area contributed by atoms with Crippen LogP contribution < -0.4 is 10.6 Å². The Kier molecular flexibility index (Phi) is 4.92. The maximum absolute atomic E-state index is 14.3. The largest absolute Gasteiger partial charge is 0.393 e. The summed E-state index contributed by atoms with van der Waals surface area (Å²) in [4.78, 5) is 19.2. The number of aryl methyl sites for hydroxylation is 1. The van der Waals surface area contributed by atoms with Crippen LogP contribution in [0.2, 0.25) is 0 Å². The Labute approximate surface area is 168 Å². The van der Waals surface area contributed by atoms with Crippen molar-refractivity contribution in [2.24, 2.45) is 0 Å². The zero-order valence-electron chi connectivity index (χ0n) is 16.4. The van der Waals surface area contributed by atoms with Gasteiger partial charge in [-0.3, -0.25) is 10.2 Å². The van der Waals surface area contributed by atoms with E-state index in [-0.39, 0.29) is 16.9 Å². The minimum Gasteiger partial charge on any atom is -0.393 e. The van der Waals surface area contributed by atoms with Crippen LogP contribution in [-0.4, -0.2) is 46.0 Å². The maximum atomic E-state index is 14.3. The molecule has 2 aliphatic rings. The third-order valence-corrected chi connectivity index (χ3v) is 5.09. The lowest BCUT2D eigenvalue weighted by Crippen LogP contribution is -2.30. The zero-order valence-corrected chi connectivity index (χ0v) is 16.4. The van der Waals surface area contributed by atoms with Gasteiger partial charge in [-0.05, 0) is 31.9 Å². The molecule has 0 radical (unpaired) electrons. The normalized spacial score (nSPS) is 18.2. The monoisotopic (exact) mass is 394 g/mol. The number of halogens is 1. The number of likely N-dealkylation sites (tertiary alicyclic amines) is 1. The molecule has 0 saturated carbocycles. The molecule has 1 aliphatic carbocycles. The minimum absolute atomic E-state index is 0.140. The molecule has 1 amide bonds. The second-order valence-corrected chi connectivity index (χ2v) is 7.19. The summed E-state index contributed by atoms with van der Waals surface area (Å²) in [7, 11) is 1.77. The van der Waals surface area contributed by atoms with Crippen LogP contribution in [0.4, 0.5) is 10.1 Å². The molecule has 8 heteroatoms. The highest BCUT2D eigenvalue weighted by atomic mass is 19.1. The number of carbonyl (C=O) groups is 1. The van der Waals surface area contributed by atoms with Crippen molar-refractivity contribution in [1.82, 2.24) is 19.6 Å². The third kappa shape index (κ3) is 3.53. The van der Waals surface area contributed by atoms with Crippen LogP contribution in [0.5, 0.6) is 0 Å². The van der Waals surface area contributed by atoms with Gasteiger partial charge in [-0.1, -0.05) is 0 Å². The van der Waals surface area contributed by atoms with Gasteiger partial charge < -0.3 is 19.9 Å². The number of pyridine rings is 1. The van der Waals surface area contributed by atoms with Crippen LogP contribution in [0, 0.1) is 18.2 Å². The van der Waals surface area contributed by atoms with Gasteiger partial charge in [0.05, 0.1) is 22.7 Å². The molecule has 0 atom stereocenters. The number of nitrogens with one attached hydrogen (secondary N) is 3. The standard InChI is InChI=1S/C21H23FN6O/c1-13-11-28-12-14(9-17(22)20(28)25-13)26-21(29)15-5-6-18(27-7-3-4-8-27)16(10-24-2)19(15)23/h5-6,9-12,23-24H,3-4,7-8H2,1-2H3,(H,26,29)/b16-10-,23-19?. The summed E-state index contributed by atoms with van der Waals surface area (Å²) < 4.78 is 15.8. The summed E-state index contributed by atoms with van der Waals surface area (Å²) in [5.41, 5.74) is 3.19. The summed E-state index contributed by atoms with van der Waals surface area (Å²) in [6.45, 7) is 3.66. The molecule has 1 saturated heterocycles. The Bertz CT molecular complexity index is 1090. The van der Waals surface area contributed by atoms with E-state index in [0.29, 0.717) is 17.0 Å². The highest BCUT2D eigenvalue weighted by Gasteiger charge is 2.28. The number of allylic oxidation sites excluding steroid dienone is 3. The van der Waals surface area contributed by atoms with Crippen LogP contribution in [-0.2, 0) is 4.79 Å². The van der Waals surface area contributed by atoms with Crippen molar-refractivity contribution in [2.45, 2.75) is 19.8 Å². The van der Waals surface area contributed by atoms with Crippen LogP contribution in [0.15, 0.2) is 53.7 Å². The molecule has 3 N–H and O–H groups in total. The van der Waals surface area contributed by atoms with Crippen molar-refractivity contribution in [1.29, 1.82) is 5.41 Å². The molecule has 3 heterocycles. The van der Waals surface area contributed by atoms with E-state index in [9.17, 15) is 9.18 Å². The average Bonchev–Trinajstić information content (AvgIpc) is 3.33. The summed E-state index contributed by atoms with van der Waals surface area (Å²) in [5.74, 6) is -0.972.